The molecule has 18 heavy (non-hydrogen) atoms. The molecule has 0 bridgehead atoms. The first-order valence-corrected chi connectivity index (χ1v) is 5.60. The number of halogens is 4. The molecule has 1 aromatic rings. The highest BCUT2D eigenvalue weighted by Crippen LogP contribution is 2.49. The third kappa shape index (κ3) is 2.49. The number of hydrogen-bond donors (Lipinski definition) is 2. The molecule has 100 valence electrons. The van der Waals surface area contributed by atoms with E-state index in [1.807, 2.05) is 0 Å². The van der Waals surface area contributed by atoms with Gasteiger partial charge in [-0.1, -0.05) is 18.2 Å². The van der Waals surface area contributed by atoms with E-state index in [-0.39, 0.29) is 24.9 Å². The average molecular weight is 263 g/mol. The topological polar surface area (TPSA) is 32.3 Å². The van der Waals surface area contributed by atoms with E-state index in [1.54, 1.807) is 0 Å². The molecule has 1 saturated carbocycles. The SMILES string of the molecule is OC(CNC1(C(F)(F)F)CC1)c1ccccc1F. The predicted octanol–water partition coefficient (Wildman–Crippen LogP) is 2.54. The van der Waals surface area contributed by atoms with Crippen molar-refractivity contribution >= 4 is 0 Å². The van der Waals surface area contributed by atoms with E-state index < -0.39 is 23.6 Å². The second-order valence-electron chi connectivity index (χ2n) is 4.50. The number of benzene rings is 1. The van der Waals surface area contributed by atoms with Gasteiger partial charge in [-0.25, -0.2) is 4.39 Å². The Morgan fingerprint density at radius 3 is 2.39 bits per heavy atom. The molecular weight excluding hydrogens is 250 g/mol. The van der Waals surface area contributed by atoms with Crippen molar-refractivity contribution in [3.8, 4) is 0 Å². The number of alkyl halides is 3. The van der Waals surface area contributed by atoms with Crippen LogP contribution in [0.3, 0.4) is 0 Å². The zero-order chi connectivity index (χ0) is 13.4. The number of hydrogen-bond acceptors (Lipinski definition) is 2. The maximum Gasteiger partial charge on any atom is 0.406 e. The van der Waals surface area contributed by atoms with Crippen molar-refractivity contribution in [3.63, 3.8) is 0 Å². The van der Waals surface area contributed by atoms with Crippen LogP contribution in [0.1, 0.15) is 24.5 Å². The molecule has 0 heterocycles. The molecular formula is C12H13F4NO. The van der Waals surface area contributed by atoms with E-state index in [1.165, 1.54) is 18.2 Å². The van der Waals surface area contributed by atoms with Gasteiger partial charge in [-0.3, -0.25) is 0 Å². The zero-order valence-corrected chi connectivity index (χ0v) is 9.47. The number of rotatable bonds is 4. The molecule has 0 aliphatic heterocycles. The lowest BCUT2D eigenvalue weighted by Crippen LogP contribution is -2.46. The van der Waals surface area contributed by atoms with Gasteiger partial charge in [0, 0.05) is 12.1 Å². The molecule has 1 aromatic carbocycles. The second-order valence-corrected chi connectivity index (χ2v) is 4.50. The smallest absolute Gasteiger partial charge is 0.387 e. The highest BCUT2D eigenvalue weighted by Gasteiger charge is 2.63. The summed E-state index contributed by atoms with van der Waals surface area (Å²) in [4.78, 5) is 0. The summed E-state index contributed by atoms with van der Waals surface area (Å²) in [5.74, 6) is -0.622. The van der Waals surface area contributed by atoms with E-state index in [0.717, 1.165) is 6.07 Å². The molecule has 0 aromatic heterocycles. The minimum absolute atomic E-state index is 0.000488. The van der Waals surface area contributed by atoms with Gasteiger partial charge in [-0.15, -0.1) is 0 Å². The van der Waals surface area contributed by atoms with Gasteiger partial charge in [0.15, 0.2) is 0 Å². The van der Waals surface area contributed by atoms with Crippen molar-refractivity contribution in [2.45, 2.75) is 30.7 Å². The molecule has 0 spiro atoms. The highest BCUT2D eigenvalue weighted by atomic mass is 19.4. The number of aliphatic hydroxyl groups excluding tert-OH is 1. The van der Waals surface area contributed by atoms with Crippen LogP contribution in [0.4, 0.5) is 17.6 Å². The van der Waals surface area contributed by atoms with E-state index in [0.29, 0.717) is 0 Å². The van der Waals surface area contributed by atoms with Crippen molar-refractivity contribution in [2.24, 2.45) is 0 Å². The molecule has 1 fully saturated rings. The van der Waals surface area contributed by atoms with Crippen molar-refractivity contribution in [2.75, 3.05) is 6.54 Å². The number of aliphatic hydroxyl groups is 1. The van der Waals surface area contributed by atoms with Crippen molar-refractivity contribution < 1.29 is 22.7 Å². The fourth-order valence-corrected chi connectivity index (χ4v) is 1.83. The minimum Gasteiger partial charge on any atom is -0.387 e. The van der Waals surface area contributed by atoms with Crippen LogP contribution in [0.25, 0.3) is 0 Å². The van der Waals surface area contributed by atoms with E-state index in [9.17, 15) is 22.7 Å². The molecule has 1 aliphatic rings. The third-order valence-corrected chi connectivity index (χ3v) is 3.19. The Morgan fingerprint density at radius 2 is 1.89 bits per heavy atom. The van der Waals surface area contributed by atoms with Gasteiger partial charge in [0.2, 0.25) is 0 Å². The monoisotopic (exact) mass is 263 g/mol. The lowest BCUT2D eigenvalue weighted by atomic mass is 10.1. The first kappa shape index (κ1) is 13.3. The minimum atomic E-state index is -4.33. The first-order valence-electron chi connectivity index (χ1n) is 5.60. The summed E-state index contributed by atoms with van der Waals surface area (Å²) in [6.45, 7) is -0.319. The lowest BCUT2D eigenvalue weighted by Gasteiger charge is -2.22. The number of β-amino-alcohol motifs (C(OH)–C–C–N with tert-alkyl or cyclic N) is 1. The zero-order valence-electron chi connectivity index (χ0n) is 9.47. The Labute approximate surface area is 102 Å². The maximum atomic E-state index is 13.3. The van der Waals surface area contributed by atoms with Gasteiger partial charge in [-0.2, -0.15) is 13.2 Å². The van der Waals surface area contributed by atoms with Crippen molar-refractivity contribution in [1.82, 2.24) is 5.32 Å². The molecule has 0 radical (unpaired) electrons. The summed E-state index contributed by atoms with van der Waals surface area (Å²) in [6.07, 6.45) is -5.62. The van der Waals surface area contributed by atoms with Gasteiger partial charge >= 0.3 is 6.18 Å². The lowest BCUT2D eigenvalue weighted by molar-refractivity contribution is -0.166. The normalized spacial score (nSPS) is 19.6. The van der Waals surface area contributed by atoms with E-state index in [2.05, 4.69) is 5.32 Å². The first-order chi connectivity index (χ1) is 8.36. The summed E-state index contributed by atoms with van der Waals surface area (Å²) in [7, 11) is 0. The Balaban J connectivity index is 1.98. The molecule has 1 aliphatic carbocycles. The van der Waals surface area contributed by atoms with Gasteiger partial charge in [0.1, 0.15) is 11.4 Å². The Kier molecular flexibility index (Phi) is 3.33. The molecule has 0 saturated heterocycles. The third-order valence-electron chi connectivity index (χ3n) is 3.19. The largest absolute Gasteiger partial charge is 0.406 e. The molecule has 2 nitrogen and oxygen atoms in total. The van der Waals surface area contributed by atoms with E-state index in [4.69, 9.17) is 0 Å². The molecule has 1 unspecified atom stereocenters. The molecule has 2 N–H and O–H groups in total. The second kappa shape index (κ2) is 4.51. The summed E-state index contributed by atoms with van der Waals surface area (Å²) in [5, 5.41) is 12.0. The molecule has 6 heteroatoms. The van der Waals surface area contributed by atoms with Gasteiger partial charge in [0.05, 0.1) is 6.10 Å². The average Bonchev–Trinajstić information content (AvgIpc) is 3.07. The van der Waals surface area contributed by atoms with Crippen LogP contribution < -0.4 is 5.32 Å². The van der Waals surface area contributed by atoms with E-state index >= 15 is 0 Å². The summed E-state index contributed by atoms with van der Waals surface area (Å²) in [5.41, 5.74) is -1.89. The fourth-order valence-electron chi connectivity index (χ4n) is 1.83. The van der Waals surface area contributed by atoms with Gasteiger partial charge < -0.3 is 10.4 Å². The molecule has 0 amide bonds. The van der Waals surface area contributed by atoms with Crippen LogP contribution in [0.15, 0.2) is 24.3 Å². The Morgan fingerprint density at radius 1 is 1.28 bits per heavy atom. The summed E-state index contributed by atoms with van der Waals surface area (Å²) < 4.78 is 51.1. The maximum absolute atomic E-state index is 13.3. The predicted molar refractivity (Wildman–Crippen MR) is 57.4 cm³/mol. The van der Waals surface area contributed by atoms with Crippen LogP contribution in [0.2, 0.25) is 0 Å². The van der Waals surface area contributed by atoms with Crippen molar-refractivity contribution in [1.29, 1.82) is 0 Å². The number of nitrogens with one attached hydrogen (secondary N) is 1. The van der Waals surface area contributed by atoms with Crippen LogP contribution in [-0.4, -0.2) is 23.4 Å². The standard InChI is InChI=1S/C12H13F4NO/c13-9-4-2-1-3-8(9)10(18)7-17-11(5-6-11)12(14,15)16/h1-4,10,17-18H,5-7H2. The Hall–Kier alpha value is -1.14. The molecule has 1 atom stereocenters. The van der Waals surface area contributed by atoms with Crippen LogP contribution in [-0.2, 0) is 0 Å². The fraction of sp³-hybridized carbons (Fsp3) is 0.500. The summed E-state index contributed by atoms with van der Waals surface area (Å²) >= 11 is 0. The van der Waals surface area contributed by atoms with Crippen LogP contribution in [0, 0.1) is 5.82 Å². The van der Waals surface area contributed by atoms with Gasteiger partial charge in [0.25, 0.3) is 0 Å². The summed E-state index contributed by atoms with van der Waals surface area (Å²) in [6, 6.07) is 5.50. The molecule has 2 rings (SSSR count). The Bertz CT molecular complexity index is 428. The quantitative estimate of drug-likeness (QED) is 0.818. The van der Waals surface area contributed by atoms with Crippen LogP contribution >= 0.6 is 0 Å². The van der Waals surface area contributed by atoms with Crippen LogP contribution in [0.5, 0.6) is 0 Å². The highest BCUT2D eigenvalue weighted by molar-refractivity contribution is 5.20. The van der Waals surface area contributed by atoms with Crippen molar-refractivity contribution in [3.05, 3.63) is 35.6 Å². The van der Waals surface area contributed by atoms with Gasteiger partial charge in [-0.05, 0) is 18.9 Å².